The number of hydrogen-bond acceptors (Lipinski definition) is 1. The van der Waals surface area contributed by atoms with Gasteiger partial charge in [0.05, 0.1) is 0 Å². The summed E-state index contributed by atoms with van der Waals surface area (Å²) in [6, 6.07) is 0. The number of fused-ring (bicyclic) bond motifs is 7. The lowest BCUT2D eigenvalue weighted by Gasteiger charge is -2.34. The molecule has 0 aliphatic rings. The van der Waals surface area contributed by atoms with Crippen LogP contribution in [0.5, 0.6) is 0 Å². The highest BCUT2D eigenvalue weighted by molar-refractivity contribution is 6.77. The molecule has 1 aromatic heterocycles. The Morgan fingerprint density at radius 2 is 0.316 bits per heavy atom. The predicted molar refractivity (Wildman–Crippen MR) is 453 cm³/mol. The summed E-state index contributed by atoms with van der Waals surface area (Å²) in [5, 5.41) is 10.6. The van der Waals surface area contributed by atoms with Crippen molar-refractivity contribution in [3.05, 3.63) is 0 Å². The third-order valence-corrected chi connectivity index (χ3v) is 22.9. The van der Waals surface area contributed by atoms with Gasteiger partial charge in [-0.15, -0.1) is 65.6 Å². The summed E-state index contributed by atoms with van der Waals surface area (Å²) in [5.41, 5.74) is 53.9. The summed E-state index contributed by atoms with van der Waals surface area (Å²) in [4.78, 5) is 0. The number of hydrogen-bond donors (Lipinski definition) is 0. The van der Waals surface area contributed by atoms with E-state index < -0.39 is 0 Å². The first-order valence-electron chi connectivity index (χ1n) is 29.4. The molecule has 0 N–H and O–H groups in total. The van der Waals surface area contributed by atoms with Crippen molar-refractivity contribution >= 4 is 454 Å². The maximum Gasteiger partial charge on any atom is 0.143 e. The number of furan rings is 1. The van der Waals surface area contributed by atoms with Gasteiger partial charge < -0.3 is 4.42 Å². The lowest BCUT2D eigenvalue weighted by molar-refractivity contribution is 0.676. The molecule has 0 atom stereocenters. The molecule has 0 amide bonds. The maximum absolute atomic E-state index is 7.60. The van der Waals surface area contributed by atoms with Crippen LogP contribution in [0.15, 0.2) is 4.42 Å². The highest BCUT2D eigenvalue weighted by Gasteiger charge is 2.33. The molecule has 79 heavy (non-hydrogen) atoms. The van der Waals surface area contributed by atoms with Gasteiger partial charge in [0.15, 0.2) is 0 Å². The molecular formula is C48H60B30O. The smallest absolute Gasteiger partial charge is 0.143 e. The molecule has 1 heterocycles. The second kappa shape index (κ2) is 19.6. The molecule has 348 valence electrons. The van der Waals surface area contributed by atoms with Crippen LogP contribution < -0.4 is 164 Å². The molecule has 0 saturated carbocycles. The monoisotopic (exact) mass is 983 g/mol. The number of rotatable bonds is 4. The lowest BCUT2D eigenvalue weighted by Crippen LogP contribution is -2.57. The van der Waals surface area contributed by atoms with E-state index in [1.165, 1.54) is 251 Å². The molecule has 1 nitrogen and oxygen atoms in total. The van der Waals surface area contributed by atoms with Gasteiger partial charge in [0.2, 0.25) is 0 Å². The minimum atomic E-state index is 1.02. The average molecular weight is 977 g/mol. The van der Waals surface area contributed by atoms with Gasteiger partial charge in [0.1, 0.15) is 247 Å². The summed E-state index contributed by atoms with van der Waals surface area (Å²) < 4.78 is 7.60. The molecule has 31 heteroatoms. The molecule has 0 fully saturated rings. The van der Waals surface area contributed by atoms with E-state index in [4.69, 9.17) is 4.42 Å². The molecular weight excluding hydrogens is 917 g/mol. The quantitative estimate of drug-likeness (QED) is 0.127. The normalized spacial score (nSPS) is 11.8. The van der Waals surface area contributed by atoms with Crippen molar-refractivity contribution in [3.8, 4) is 44.5 Å². The molecule has 0 bridgehead atoms. The first-order valence-corrected chi connectivity index (χ1v) is 29.4. The summed E-state index contributed by atoms with van der Waals surface area (Å²) in [6.07, 6.45) is 0. The van der Waals surface area contributed by atoms with E-state index in [9.17, 15) is 0 Å². The zero-order valence-corrected chi connectivity index (χ0v) is 54.4. The Kier molecular flexibility index (Phi) is 14.3. The van der Waals surface area contributed by atoms with E-state index in [2.05, 4.69) is 235 Å². The first-order chi connectivity index (χ1) is 36.8. The Bertz CT molecular complexity index is 4460. The van der Waals surface area contributed by atoms with Crippen LogP contribution in [0.1, 0.15) is 0 Å². The summed E-state index contributed by atoms with van der Waals surface area (Å²) in [6.45, 7) is 0. The summed E-state index contributed by atoms with van der Waals surface area (Å²) >= 11 is 0. The Balaban J connectivity index is 1.56. The van der Waals surface area contributed by atoms with Crippen molar-refractivity contribution in [2.45, 2.75) is 0 Å². The van der Waals surface area contributed by atoms with Gasteiger partial charge in [0, 0.05) is 16.2 Å². The zero-order chi connectivity index (χ0) is 58.4. The Hall–Kier alpha value is -4.49. The molecule has 0 aliphatic heterocycles. The standard InChI is InChI=1S/C48H60B30O/c49-17-8(12-26(58)38(70)44(76)39(71)27(12)59)9(13-28(60)40(72)45(77)41(73)29(13)61)18(50)24(56)11(17)2-5-3(19(51)33(65)35(67)21(5)53)1(4-6(2)22(54)36(68)34(66)20(4)52)7-10-15-31(63)25(57)14-16(32(64)42(74)37(69)30(14)62)47(15)79-48(10)46(78)43(75)23(7)55/h49-78H2. The lowest BCUT2D eigenvalue weighted by atomic mass is 9.54. The van der Waals surface area contributed by atoms with Gasteiger partial charge >= 0.3 is 0 Å². The van der Waals surface area contributed by atoms with Gasteiger partial charge in [-0.1, -0.05) is 98.3 Å². The van der Waals surface area contributed by atoms with Crippen LogP contribution in [0.4, 0.5) is 0 Å². The van der Waals surface area contributed by atoms with Crippen LogP contribution in [0.2, 0.25) is 0 Å². The van der Waals surface area contributed by atoms with Gasteiger partial charge in [0.25, 0.3) is 0 Å². The molecule has 0 unspecified atom stereocenters. The largest absolute Gasteiger partial charge is 0.456 e. The van der Waals surface area contributed by atoms with Crippen molar-refractivity contribution in [1.82, 2.24) is 0 Å². The average Bonchev–Trinajstić information content (AvgIpc) is 4.00. The molecule has 0 saturated heterocycles. The maximum atomic E-state index is 7.60. The van der Waals surface area contributed by atoms with Crippen molar-refractivity contribution in [2.24, 2.45) is 0 Å². The molecule has 10 rings (SSSR count). The van der Waals surface area contributed by atoms with Crippen molar-refractivity contribution in [2.75, 3.05) is 0 Å². The molecule has 0 spiro atoms. The van der Waals surface area contributed by atoms with E-state index in [1.54, 1.807) is 0 Å². The number of benzene rings is 9. The van der Waals surface area contributed by atoms with E-state index >= 15 is 0 Å². The highest BCUT2D eigenvalue weighted by atomic mass is 16.3. The van der Waals surface area contributed by atoms with Crippen LogP contribution in [-0.2, 0) is 0 Å². The Morgan fingerprint density at radius 3 is 0.696 bits per heavy atom. The molecule has 0 radical (unpaired) electrons. The third kappa shape index (κ3) is 7.52. The van der Waals surface area contributed by atoms with E-state index in [-0.39, 0.29) is 0 Å². The van der Waals surface area contributed by atoms with Crippen LogP contribution >= 0.6 is 0 Å². The van der Waals surface area contributed by atoms with Gasteiger partial charge in [-0.25, -0.2) is 0 Å². The van der Waals surface area contributed by atoms with Crippen molar-refractivity contribution in [1.29, 1.82) is 0 Å². The fraction of sp³-hybridized carbons (Fsp3) is 0. The molecule has 10 aromatic rings. The van der Waals surface area contributed by atoms with Crippen LogP contribution in [0.3, 0.4) is 0 Å². The Labute approximate surface area is 498 Å². The van der Waals surface area contributed by atoms with Crippen molar-refractivity contribution in [3.63, 3.8) is 0 Å². The fourth-order valence-corrected chi connectivity index (χ4v) is 15.6. The summed E-state index contributed by atoms with van der Waals surface area (Å²) in [7, 11) is 71.3. The van der Waals surface area contributed by atoms with Crippen LogP contribution in [0.25, 0.3) is 98.8 Å². The minimum Gasteiger partial charge on any atom is -0.456 e. The Morgan fingerprint density at radius 1 is 0.114 bits per heavy atom. The minimum absolute atomic E-state index is 1.02. The van der Waals surface area contributed by atoms with Crippen LogP contribution in [-0.4, -0.2) is 235 Å². The first kappa shape index (κ1) is 57.7. The topological polar surface area (TPSA) is 13.1 Å². The third-order valence-electron chi connectivity index (χ3n) is 22.9. The highest BCUT2D eigenvalue weighted by Crippen LogP contribution is 2.44. The van der Waals surface area contributed by atoms with Gasteiger partial charge in [-0.3, -0.25) is 0 Å². The van der Waals surface area contributed by atoms with Crippen LogP contribution in [0, 0.1) is 0 Å². The molecule has 0 aliphatic carbocycles. The zero-order valence-electron chi connectivity index (χ0n) is 54.4. The second-order valence-corrected chi connectivity index (χ2v) is 25.5. The predicted octanol–water partition coefficient (Wildman–Crippen LogP) is -38.5. The SMILES string of the molecule is Bc1c(B)c(B)c(-c2c(B)c(B)c(-c3c4c(B)c(B)c(B)c(B)c4c(-c4c(B)c(B)c(B)c5oc6c7c(B)c(B)c(B)c(B)c7c(B)c(B)c6c45)c4c(B)c(B)c(B)c(B)c34)c(B)c2-c2c(B)c(B)c(B)c(B)c2B)c(B)c1B. The van der Waals surface area contributed by atoms with E-state index in [1.807, 2.05) is 0 Å². The van der Waals surface area contributed by atoms with Crippen molar-refractivity contribution < 1.29 is 4.42 Å². The molecule has 9 aromatic carbocycles. The summed E-state index contributed by atoms with van der Waals surface area (Å²) in [5.74, 6) is 0. The fourth-order valence-electron chi connectivity index (χ4n) is 15.6. The van der Waals surface area contributed by atoms with E-state index in [0.717, 1.165) is 11.2 Å². The van der Waals surface area contributed by atoms with Gasteiger partial charge in [-0.2, -0.15) is 0 Å². The van der Waals surface area contributed by atoms with E-state index in [0.29, 0.717) is 0 Å². The second-order valence-electron chi connectivity index (χ2n) is 25.5. The van der Waals surface area contributed by atoms with Gasteiger partial charge in [-0.05, 0) is 71.4 Å².